The van der Waals surface area contributed by atoms with Crippen molar-refractivity contribution in [1.29, 1.82) is 0 Å². The molecule has 6 nitrogen and oxygen atoms in total. The van der Waals surface area contributed by atoms with Crippen LogP contribution in [0.5, 0.6) is 5.75 Å². The number of nitrogens with zero attached hydrogens (tertiary/aromatic N) is 2. The molecule has 2 rings (SSSR count). The molecule has 96 valence electrons. The van der Waals surface area contributed by atoms with Crippen LogP contribution in [0, 0.1) is 0 Å². The van der Waals surface area contributed by atoms with Gasteiger partial charge in [0.05, 0.1) is 5.69 Å². The maximum absolute atomic E-state index is 11.2. The number of carboxylic acid groups (broad SMARTS) is 1. The summed E-state index contributed by atoms with van der Waals surface area (Å²) >= 11 is 0. The first-order valence-corrected chi connectivity index (χ1v) is 5.40. The largest absolute Gasteiger partial charge is 0.507 e. The van der Waals surface area contributed by atoms with Crippen molar-refractivity contribution in [2.24, 2.45) is 16.2 Å². The van der Waals surface area contributed by atoms with E-state index >= 15 is 0 Å². The molecule has 0 atom stereocenters. The fourth-order valence-electron chi connectivity index (χ4n) is 1.78. The minimum absolute atomic E-state index is 0.129. The molecule has 0 radical (unpaired) electrons. The Hall–Kier alpha value is -2.89. The summed E-state index contributed by atoms with van der Waals surface area (Å²) < 4.78 is 0. The van der Waals surface area contributed by atoms with Crippen molar-refractivity contribution in [3.05, 3.63) is 48.0 Å². The number of carboxylic acids is 1. The van der Waals surface area contributed by atoms with Crippen molar-refractivity contribution in [1.82, 2.24) is 0 Å². The first kappa shape index (κ1) is 12.6. The van der Waals surface area contributed by atoms with Crippen LogP contribution in [0.4, 0.5) is 5.69 Å². The molecule has 0 heterocycles. The van der Waals surface area contributed by atoms with Gasteiger partial charge < -0.3 is 16.1 Å². The molecule has 0 aromatic heterocycles. The number of nitrogens with two attached hydrogens (primary N) is 1. The van der Waals surface area contributed by atoms with Crippen molar-refractivity contribution in [3.8, 4) is 16.9 Å². The van der Waals surface area contributed by atoms with Gasteiger partial charge in [0.2, 0.25) is 0 Å². The highest BCUT2D eigenvalue weighted by Gasteiger charge is 2.16. The number of hydrogen-bond donors (Lipinski definition) is 3. The Morgan fingerprint density at radius 1 is 1.11 bits per heavy atom. The third kappa shape index (κ3) is 2.52. The van der Waals surface area contributed by atoms with Crippen molar-refractivity contribution in [2.75, 3.05) is 0 Å². The predicted octanol–water partition coefficient (Wildman–Crippen LogP) is 2.71. The highest BCUT2D eigenvalue weighted by molar-refractivity contribution is 5.98. The van der Waals surface area contributed by atoms with Crippen molar-refractivity contribution >= 4 is 11.7 Å². The summed E-state index contributed by atoms with van der Waals surface area (Å²) in [6.45, 7) is 0. The Labute approximate surface area is 108 Å². The topological polar surface area (TPSA) is 108 Å². The van der Waals surface area contributed by atoms with E-state index in [2.05, 4.69) is 10.3 Å². The van der Waals surface area contributed by atoms with Gasteiger partial charge in [0.1, 0.15) is 11.3 Å². The zero-order chi connectivity index (χ0) is 13.8. The van der Waals surface area contributed by atoms with Crippen LogP contribution in [0.15, 0.2) is 52.8 Å². The van der Waals surface area contributed by atoms with Gasteiger partial charge in [-0.25, -0.2) is 4.79 Å². The summed E-state index contributed by atoms with van der Waals surface area (Å²) in [6, 6.07) is 11.2. The van der Waals surface area contributed by atoms with Crippen molar-refractivity contribution in [3.63, 3.8) is 0 Å². The molecule has 0 aliphatic rings. The van der Waals surface area contributed by atoms with Crippen molar-refractivity contribution < 1.29 is 15.0 Å². The molecule has 2 aromatic rings. The molecular formula is C13H11N3O3. The Morgan fingerprint density at radius 3 is 2.37 bits per heavy atom. The SMILES string of the molecule is NN=Nc1ccc(-c2cccc(O)c2C(=O)O)cc1. The van der Waals surface area contributed by atoms with E-state index in [-0.39, 0.29) is 11.3 Å². The van der Waals surface area contributed by atoms with Gasteiger partial charge in [-0.15, -0.1) is 5.11 Å². The molecule has 0 bridgehead atoms. The van der Waals surface area contributed by atoms with Crippen LogP contribution < -0.4 is 5.84 Å². The average molecular weight is 257 g/mol. The predicted molar refractivity (Wildman–Crippen MR) is 69.2 cm³/mol. The van der Waals surface area contributed by atoms with E-state index in [9.17, 15) is 9.90 Å². The highest BCUT2D eigenvalue weighted by Crippen LogP contribution is 2.31. The minimum Gasteiger partial charge on any atom is -0.507 e. The maximum Gasteiger partial charge on any atom is 0.340 e. The monoisotopic (exact) mass is 257 g/mol. The maximum atomic E-state index is 11.2. The summed E-state index contributed by atoms with van der Waals surface area (Å²) in [5, 5.41) is 25.6. The lowest BCUT2D eigenvalue weighted by atomic mass is 9.99. The lowest BCUT2D eigenvalue weighted by Gasteiger charge is -2.08. The summed E-state index contributed by atoms with van der Waals surface area (Å²) in [4.78, 5) is 11.2. The first-order chi connectivity index (χ1) is 9.13. The Balaban J connectivity index is 2.53. The zero-order valence-corrected chi connectivity index (χ0v) is 9.82. The Morgan fingerprint density at radius 2 is 1.79 bits per heavy atom. The molecule has 0 amide bonds. The smallest absolute Gasteiger partial charge is 0.340 e. The van der Waals surface area contributed by atoms with Crippen LogP contribution in [-0.4, -0.2) is 16.2 Å². The van der Waals surface area contributed by atoms with Gasteiger partial charge in [0, 0.05) is 0 Å². The van der Waals surface area contributed by atoms with Crippen LogP contribution in [0.1, 0.15) is 10.4 Å². The zero-order valence-electron chi connectivity index (χ0n) is 9.82. The van der Waals surface area contributed by atoms with Gasteiger partial charge >= 0.3 is 5.97 Å². The van der Waals surface area contributed by atoms with Crippen LogP contribution in [-0.2, 0) is 0 Å². The molecule has 0 saturated carbocycles. The minimum atomic E-state index is -1.18. The van der Waals surface area contributed by atoms with E-state index in [1.807, 2.05) is 0 Å². The number of aromatic carboxylic acids is 1. The molecule has 4 N–H and O–H groups in total. The molecule has 0 unspecified atom stereocenters. The number of aromatic hydroxyl groups is 1. The van der Waals surface area contributed by atoms with Gasteiger partial charge in [-0.1, -0.05) is 29.5 Å². The summed E-state index contributed by atoms with van der Waals surface area (Å²) in [5.74, 6) is 3.49. The lowest BCUT2D eigenvalue weighted by Crippen LogP contribution is -1.99. The normalized spacial score (nSPS) is 10.7. The third-order valence-corrected chi connectivity index (χ3v) is 2.61. The molecule has 0 aliphatic heterocycles. The van der Waals surface area contributed by atoms with Crippen LogP contribution in [0.3, 0.4) is 0 Å². The quantitative estimate of drug-likeness (QED) is 0.446. The van der Waals surface area contributed by atoms with E-state index < -0.39 is 5.97 Å². The van der Waals surface area contributed by atoms with E-state index in [0.29, 0.717) is 16.8 Å². The number of benzene rings is 2. The molecule has 0 saturated heterocycles. The number of carbonyl (C=O) groups is 1. The number of phenols is 1. The van der Waals surface area contributed by atoms with E-state index in [0.717, 1.165) is 0 Å². The van der Waals surface area contributed by atoms with Gasteiger partial charge in [-0.2, -0.15) is 0 Å². The molecule has 0 fully saturated rings. The molecular weight excluding hydrogens is 246 g/mol. The average Bonchev–Trinajstić information content (AvgIpc) is 2.39. The van der Waals surface area contributed by atoms with E-state index in [1.54, 1.807) is 36.4 Å². The van der Waals surface area contributed by atoms with E-state index in [1.165, 1.54) is 6.07 Å². The van der Waals surface area contributed by atoms with Crippen molar-refractivity contribution in [2.45, 2.75) is 0 Å². The standard InChI is InChI=1S/C13H11N3O3/c14-16-15-9-6-4-8(5-7-9)10-2-1-3-11(17)12(10)13(18)19/h1-7,17H,(H2,14,15)(H,18,19). The van der Waals surface area contributed by atoms with Gasteiger partial charge in [-0.3, -0.25) is 0 Å². The van der Waals surface area contributed by atoms with Gasteiger partial charge in [0.25, 0.3) is 0 Å². The Kier molecular flexibility index (Phi) is 3.42. The fraction of sp³-hybridized carbons (Fsp3) is 0. The fourth-order valence-corrected chi connectivity index (χ4v) is 1.78. The summed E-state index contributed by atoms with van der Waals surface area (Å²) in [5.41, 5.74) is 1.52. The molecule has 19 heavy (non-hydrogen) atoms. The van der Waals surface area contributed by atoms with Gasteiger partial charge in [-0.05, 0) is 29.3 Å². The third-order valence-electron chi connectivity index (χ3n) is 2.61. The van der Waals surface area contributed by atoms with Crippen LogP contribution in [0.25, 0.3) is 11.1 Å². The molecule has 6 heteroatoms. The van der Waals surface area contributed by atoms with Crippen LogP contribution >= 0.6 is 0 Å². The highest BCUT2D eigenvalue weighted by atomic mass is 16.4. The molecule has 0 aliphatic carbocycles. The second kappa shape index (κ2) is 5.18. The number of rotatable bonds is 3. The Bertz CT molecular complexity index is 636. The molecule has 0 spiro atoms. The summed E-state index contributed by atoms with van der Waals surface area (Å²) in [7, 11) is 0. The van der Waals surface area contributed by atoms with E-state index in [4.69, 9.17) is 10.9 Å². The van der Waals surface area contributed by atoms with Gasteiger partial charge in [0.15, 0.2) is 0 Å². The van der Waals surface area contributed by atoms with Crippen LogP contribution in [0.2, 0.25) is 0 Å². The number of hydrogen-bond acceptors (Lipinski definition) is 4. The first-order valence-electron chi connectivity index (χ1n) is 5.40. The lowest BCUT2D eigenvalue weighted by molar-refractivity contribution is 0.0694. The second-order valence-electron chi connectivity index (χ2n) is 3.77. The second-order valence-corrected chi connectivity index (χ2v) is 3.77. The summed E-state index contributed by atoms with van der Waals surface area (Å²) in [6.07, 6.45) is 0. The molecule has 2 aromatic carbocycles.